The van der Waals surface area contributed by atoms with E-state index in [9.17, 15) is 4.79 Å². The van der Waals surface area contributed by atoms with Crippen LogP contribution in [0.25, 0.3) is 0 Å². The number of halogens is 1. The fraction of sp³-hybridized carbons (Fsp3) is 0.889. The average molecular weight is 221 g/mol. The molecule has 0 spiro atoms. The molecule has 11 heavy (non-hydrogen) atoms. The lowest BCUT2D eigenvalue weighted by Gasteiger charge is -2.01. The summed E-state index contributed by atoms with van der Waals surface area (Å²) in [6.45, 7) is 4.07. The van der Waals surface area contributed by atoms with Crippen LogP contribution in [0.2, 0.25) is 0 Å². The Morgan fingerprint density at radius 2 is 2.00 bits per heavy atom. The number of carbonyl (C=O) groups is 1. The Labute approximate surface area is 77.7 Å². The molecule has 0 aromatic carbocycles. The predicted molar refractivity (Wildman–Crippen MR) is 52.2 cm³/mol. The molecule has 0 saturated heterocycles. The largest absolute Gasteiger partial charge is 0.298 e. The zero-order chi connectivity index (χ0) is 8.69. The van der Waals surface area contributed by atoms with Crippen molar-refractivity contribution < 1.29 is 4.79 Å². The fourth-order valence-corrected chi connectivity index (χ4v) is 1.15. The summed E-state index contributed by atoms with van der Waals surface area (Å²) in [5.74, 6) is 0.334. The average Bonchev–Trinajstić information content (AvgIpc) is 1.97. The van der Waals surface area contributed by atoms with Gasteiger partial charge in [-0.2, -0.15) is 0 Å². The lowest BCUT2D eigenvalue weighted by atomic mass is 10.1. The van der Waals surface area contributed by atoms with Crippen LogP contribution in [-0.4, -0.2) is 10.6 Å². The van der Waals surface area contributed by atoms with Crippen LogP contribution < -0.4 is 0 Å². The quantitative estimate of drug-likeness (QED) is 0.496. The molecule has 0 bridgehead atoms. The summed E-state index contributed by atoms with van der Waals surface area (Å²) in [4.78, 5) is 11.1. The second-order valence-corrected chi connectivity index (χ2v) is 4.27. The molecule has 0 N–H and O–H groups in total. The van der Waals surface area contributed by atoms with Crippen LogP contribution in [0.4, 0.5) is 0 Å². The van der Waals surface area contributed by atoms with Gasteiger partial charge < -0.3 is 0 Å². The molecule has 0 aromatic rings. The Bertz CT molecular complexity index is 110. The van der Waals surface area contributed by atoms with E-state index in [0.29, 0.717) is 5.78 Å². The Hall–Kier alpha value is 0.150. The molecule has 0 aliphatic rings. The molecule has 66 valence electrons. The normalized spacial score (nSPS) is 13.0. The van der Waals surface area contributed by atoms with Crippen LogP contribution in [0, 0.1) is 0 Å². The van der Waals surface area contributed by atoms with Crippen LogP contribution in [0.5, 0.6) is 0 Å². The third-order valence-electron chi connectivity index (χ3n) is 1.72. The van der Waals surface area contributed by atoms with E-state index < -0.39 is 0 Å². The highest BCUT2D eigenvalue weighted by atomic mass is 79.9. The Balaban J connectivity index is 3.18. The van der Waals surface area contributed by atoms with Gasteiger partial charge in [0.25, 0.3) is 0 Å². The van der Waals surface area contributed by atoms with Crippen molar-refractivity contribution in [3.63, 3.8) is 0 Å². The highest BCUT2D eigenvalue weighted by Crippen LogP contribution is 2.08. The molecule has 0 saturated carbocycles. The molecular formula is C9H17BrO. The topological polar surface area (TPSA) is 17.1 Å². The molecule has 0 amide bonds. The monoisotopic (exact) mass is 220 g/mol. The number of rotatable bonds is 6. The van der Waals surface area contributed by atoms with E-state index in [1.165, 1.54) is 19.3 Å². The van der Waals surface area contributed by atoms with Crippen LogP contribution in [0.15, 0.2) is 0 Å². The fourth-order valence-electron chi connectivity index (χ4n) is 0.925. The number of ketones is 1. The van der Waals surface area contributed by atoms with Gasteiger partial charge in [0.2, 0.25) is 0 Å². The molecule has 0 aliphatic heterocycles. The van der Waals surface area contributed by atoms with Gasteiger partial charge in [-0.25, -0.2) is 0 Å². The maximum Gasteiger partial charge on any atom is 0.146 e. The van der Waals surface area contributed by atoms with Gasteiger partial charge >= 0.3 is 0 Å². The van der Waals surface area contributed by atoms with Crippen LogP contribution in [0.1, 0.15) is 46.0 Å². The summed E-state index contributed by atoms with van der Waals surface area (Å²) in [5.41, 5.74) is 0. The minimum absolute atomic E-state index is 0.0455. The van der Waals surface area contributed by atoms with E-state index in [1.807, 2.05) is 6.92 Å². The molecular weight excluding hydrogens is 204 g/mol. The first kappa shape index (κ1) is 11.2. The van der Waals surface area contributed by atoms with E-state index in [1.54, 1.807) is 0 Å². The smallest absolute Gasteiger partial charge is 0.146 e. The first-order chi connectivity index (χ1) is 5.18. The predicted octanol–water partition coefficient (Wildman–Crippen LogP) is 3.31. The van der Waals surface area contributed by atoms with E-state index in [0.717, 1.165) is 12.8 Å². The van der Waals surface area contributed by atoms with Crippen molar-refractivity contribution in [2.75, 3.05) is 0 Å². The third kappa shape index (κ3) is 6.54. The number of hydrogen-bond donors (Lipinski definition) is 0. The summed E-state index contributed by atoms with van der Waals surface area (Å²) in [7, 11) is 0. The Morgan fingerprint density at radius 1 is 1.36 bits per heavy atom. The van der Waals surface area contributed by atoms with Gasteiger partial charge in [-0.1, -0.05) is 42.1 Å². The summed E-state index contributed by atoms with van der Waals surface area (Å²) in [6.07, 6.45) is 5.49. The van der Waals surface area contributed by atoms with E-state index >= 15 is 0 Å². The maximum atomic E-state index is 11.1. The number of unbranched alkanes of at least 4 members (excludes halogenated alkanes) is 3. The van der Waals surface area contributed by atoms with Gasteiger partial charge in [-0.05, 0) is 13.3 Å². The molecule has 1 nitrogen and oxygen atoms in total. The molecule has 0 radical (unpaired) electrons. The Morgan fingerprint density at radius 3 is 2.45 bits per heavy atom. The maximum absolute atomic E-state index is 11.1. The molecule has 0 heterocycles. The first-order valence-electron chi connectivity index (χ1n) is 4.35. The van der Waals surface area contributed by atoms with Crippen molar-refractivity contribution in [3.8, 4) is 0 Å². The van der Waals surface area contributed by atoms with Gasteiger partial charge in [0.05, 0.1) is 4.83 Å². The van der Waals surface area contributed by atoms with Crippen molar-refractivity contribution in [1.29, 1.82) is 0 Å². The number of Topliss-reactive ketones (excluding diaryl/α,β-unsaturated/α-hetero) is 1. The second kappa shape index (κ2) is 6.84. The van der Waals surface area contributed by atoms with E-state index in [-0.39, 0.29) is 4.83 Å². The number of alkyl halides is 1. The van der Waals surface area contributed by atoms with Crippen molar-refractivity contribution in [2.45, 2.75) is 50.8 Å². The van der Waals surface area contributed by atoms with Crippen molar-refractivity contribution in [2.24, 2.45) is 0 Å². The summed E-state index contributed by atoms with van der Waals surface area (Å²) >= 11 is 3.26. The summed E-state index contributed by atoms with van der Waals surface area (Å²) in [6, 6.07) is 0. The lowest BCUT2D eigenvalue weighted by Crippen LogP contribution is -2.08. The first-order valence-corrected chi connectivity index (χ1v) is 5.26. The zero-order valence-electron chi connectivity index (χ0n) is 7.40. The molecule has 1 unspecified atom stereocenters. The second-order valence-electron chi connectivity index (χ2n) is 2.89. The van der Waals surface area contributed by atoms with Gasteiger partial charge in [0, 0.05) is 6.42 Å². The molecule has 0 rings (SSSR count). The summed E-state index contributed by atoms with van der Waals surface area (Å²) < 4.78 is 0. The van der Waals surface area contributed by atoms with E-state index in [4.69, 9.17) is 0 Å². The molecule has 0 aromatic heterocycles. The van der Waals surface area contributed by atoms with Gasteiger partial charge in [0.1, 0.15) is 5.78 Å². The Kier molecular flexibility index (Phi) is 6.93. The highest BCUT2D eigenvalue weighted by molar-refractivity contribution is 9.10. The van der Waals surface area contributed by atoms with E-state index in [2.05, 4.69) is 22.9 Å². The standard InChI is InChI=1S/C9H17BrO/c1-3-4-5-6-7-9(11)8(2)10/h8H,3-7H2,1-2H3. The minimum atomic E-state index is 0.0455. The van der Waals surface area contributed by atoms with Gasteiger partial charge in [0.15, 0.2) is 0 Å². The lowest BCUT2D eigenvalue weighted by molar-refractivity contribution is -0.118. The molecule has 1 atom stereocenters. The van der Waals surface area contributed by atoms with Gasteiger partial charge in [-0.3, -0.25) is 4.79 Å². The van der Waals surface area contributed by atoms with Crippen LogP contribution in [-0.2, 0) is 4.79 Å². The van der Waals surface area contributed by atoms with Crippen LogP contribution >= 0.6 is 15.9 Å². The highest BCUT2D eigenvalue weighted by Gasteiger charge is 2.06. The van der Waals surface area contributed by atoms with Crippen LogP contribution in [0.3, 0.4) is 0 Å². The number of hydrogen-bond acceptors (Lipinski definition) is 1. The minimum Gasteiger partial charge on any atom is -0.298 e. The molecule has 2 heteroatoms. The van der Waals surface area contributed by atoms with Crippen molar-refractivity contribution in [1.82, 2.24) is 0 Å². The third-order valence-corrected chi connectivity index (χ3v) is 2.23. The SMILES string of the molecule is CCCCCCC(=O)C(C)Br. The molecule has 0 fully saturated rings. The number of carbonyl (C=O) groups excluding carboxylic acids is 1. The molecule has 0 aliphatic carbocycles. The van der Waals surface area contributed by atoms with Crippen molar-refractivity contribution >= 4 is 21.7 Å². The van der Waals surface area contributed by atoms with Gasteiger partial charge in [-0.15, -0.1) is 0 Å². The zero-order valence-corrected chi connectivity index (χ0v) is 8.99. The van der Waals surface area contributed by atoms with Crippen molar-refractivity contribution in [3.05, 3.63) is 0 Å². The summed E-state index contributed by atoms with van der Waals surface area (Å²) in [5, 5.41) is 0.